The van der Waals surface area contributed by atoms with Crippen LogP contribution in [0.3, 0.4) is 0 Å². The molecular weight excluding hydrogens is 398 g/mol. The number of rotatable bonds is 5. The second kappa shape index (κ2) is 7.18. The third-order valence-electron chi connectivity index (χ3n) is 3.15. The van der Waals surface area contributed by atoms with Gasteiger partial charge in [-0.1, -0.05) is 17.7 Å². The van der Waals surface area contributed by atoms with Crippen molar-refractivity contribution in [3.8, 4) is 11.5 Å². The lowest BCUT2D eigenvalue weighted by molar-refractivity contribution is 0.410. The lowest BCUT2D eigenvalue weighted by Gasteiger charge is -2.14. The van der Waals surface area contributed by atoms with Gasteiger partial charge in [0.15, 0.2) is 0 Å². The van der Waals surface area contributed by atoms with Crippen LogP contribution in [0, 0.1) is 6.92 Å². The largest absolute Gasteiger partial charge is 0.496 e. The number of ether oxygens (including phenoxy) is 2. The first kappa shape index (κ1) is 16.2. The summed E-state index contributed by atoms with van der Waals surface area (Å²) in [6.07, 6.45) is 0. The Balaban J connectivity index is 2.22. The first-order valence-electron chi connectivity index (χ1n) is 6.45. The Morgan fingerprint density at radius 2 is 1.67 bits per heavy atom. The average Bonchev–Trinajstić information content (AvgIpc) is 2.46. The molecule has 0 aromatic heterocycles. The summed E-state index contributed by atoms with van der Waals surface area (Å²) in [5, 5.41) is 3.41. The third-order valence-corrected chi connectivity index (χ3v) is 4.42. The van der Waals surface area contributed by atoms with Gasteiger partial charge < -0.3 is 14.8 Å². The van der Waals surface area contributed by atoms with Gasteiger partial charge in [0.1, 0.15) is 11.5 Å². The minimum absolute atomic E-state index is 0.675. The Bertz CT molecular complexity index is 644. The van der Waals surface area contributed by atoms with Gasteiger partial charge in [-0.05, 0) is 50.9 Å². The molecule has 0 unspecified atom stereocenters. The van der Waals surface area contributed by atoms with Crippen molar-refractivity contribution in [1.82, 2.24) is 0 Å². The molecule has 0 atom stereocenters. The van der Waals surface area contributed by atoms with Gasteiger partial charge in [0.05, 0.1) is 24.4 Å². The predicted molar refractivity (Wildman–Crippen MR) is 93.5 cm³/mol. The van der Waals surface area contributed by atoms with Crippen LogP contribution in [0.2, 0.25) is 0 Å². The fraction of sp³-hybridized carbons (Fsp3) is 0.250. The summed E-state index contributed by atoms with van der Waals surface area (Å²) in [5.41, 5.74) is 3.30. The number of hydrogen-bond donors (Lipinski definition) is 1. The molecule has 2 aromatic rings. The van der Waals surface area contributed by atoms with Crippen LogP contribution in [0.5, 0.6) is 11.5 Å². The SMILES string of the molecule is COc1cc(NCc2cc(C)ccc2OC)c(Br)cc1Br. The van der Waals surface area contributed by atoms with Crippen molar-refractivity contribution in [3.05, 3.63) is 50.4 Å². The van der Waals surface area contributed by atoms with E-state index in [-0.39, 0.29) is 0 Å². The maximum Gasteiger partial charge on any atom is 0.135 e. The van der Waals surface area contributed by atoms with Crippen LogP contribution in [-0.4, -0.2) is 14.2 Å². The zero-order valence-corrected chi connectivity index (χ0v) is 15.3. The van der Waals surface area contributed by atoms with Gasteiger partial charge in [-0.3, -0.25) is 0 Å². The normalized spacial score (nSPS) is 10.3. The molecule has 0 saturated heterocycles. The fourth-order valence-electron chi connectivity index (χ4n) is 2.06. The zero-order chi connectivity index (χ0) is 15.4. The molecule has 0 aliphatic carbocycles. The van der Waals surface area contributed by atoms with Crippen LogP contribution in [-0.2, 0) is 6.54 Å². The molecule has 0 amide bonds. The van der Waals surface area contributed by atoms with Crippen LogP contribution >= 0.6 is 31.9 Å². The lowest BCUT2D eigenvalue weighted by atomic mass is 10.1. The molecule has 1 N–H and O–H groups in total. The minimum Gasteiger partial charge on any atom is -0.496 e. The topological polar surface area (TPSA) is 30.5 Å². The van der Waals surface area contributed by atoms with E-state index in [1.807, 2.05) is 24.3 Å². The first-order valence-corrected chi connectivity index (χ1v) is 8.04. The number of halogens is 2. The van der Waals surface area contributed by atoms with E-state index in [0.717, 1.165) is 31.7 Å². The van der Waals surface area contributed by atoms with Gasteiger partial charge in [0.25, 0.3) is 0 Å². The molecule has 2 rings (SSSR count). The molecule has 0 heterocycles. The molecular formula is C16H17Br2NO2. The molecule has 5 heteroatoms. The Kier molecular flexibility index (Phi) is 5.53. The number of anilines is 1. The van der Waals surface area contributed by atoms with E-state index in [2.05, 4.69) is 50.2 Å². The zero-order valence-electron chi connectivity index (χ0n) is 12.2. The number of nitrogens with one attached hydrogen (secondary N) is 1. The maximum atomic E-state index is 5.40. The van der Waals surface area contributed by atoms with Crippen molar-refractivity contribution in [1.29, 1.82) is 0 Å². The molecule has 3 nitrogen and oxygen atoms in total. The highest BCUT2D eigenvalue weighted by molar-refractivity contribution is 9.11. The average molecular weight is 415 g/mol. The Morgan fingerprint density at radius 1 is 0.952 bits per heavy atom. The highest BCUT2D eigenvalue weighted by atomic mass is 79.9. The highest BCUT2D eigenvalue weighted by Gasteiger charge is 2.08. The lowest BCUT2D eigenvalue weighted by Crippen LogP contribution is -2.03. The van der Waals surface area contributed by atoms with Crippen LogP contribution in [0.1, 0.15) is 11.1 Å². The molecule has 0 radical (unpaired) electrons. The van der Waals surface area contributed by atoms with Crippen LogP contribution in [0.25, 0.3) is 0 Å². The van der Waals surface area contributed by atoms with Gasteiger partial charge in [0.2, 0.25) is 0 Å². The van der Waals surface area contributed by atoms with Crippen molar-refractivity contribution < 1.29 is 9.47 Å². The summed E-state index contributed by atoms with van der Waals surface area (Å²) in [6, 6.07) is 10.1. The quantitative estimate of drug-likeness (QED) is 0.733. The van der Waals surface area contributed by atoms with Crippen LogP contribution in [0.15, 0.2) is 39.3 Å². The van der Waals surface area contributed by atoms with Gasteiger partial charge in [0, 0.05) is 22.6 Å². The van der Waals surface area contributed by atoms with Gasteiger partial charge in [-0.2, -0.15) is 0 Å². The van der Waals surface area contributed by atoms with Crippen molar-refractivity contribution in [3.63, 3.8) is 0 Å². The Morgan fingerprint density at radius 3 is 2.33 bits per heavy atom. The standard InChI is InChI=1S/C16H17Br2NO2/c1-10-4-5-15(20-2)11(6-10)9-19-14-8-16(21-3)13(18)7-12(14)17/h4-8,19H,9H2,1-3H3. The predicted octanol–water partition coefficient (Wildman–Crippen LogP) is 5.15. The Hall–Kier alpha value is -1.20. The number of methoxy groups -OCH3 is 2. The third kappa shape index (κ3) is 3.92. The molecule has 0 fully saturated rings. The Labute approximate surface area is 141 Å². The van der Waals surface area contributed by atoms with Crippen molar-refractivity contribution >= 4 is 37.5 Å². The maximum absolute atomic E-state index is 5.40. The van der Waals surface area contributed by atoms with Crippen LogP contribution in [0.4, 0.5) is 5.69 Å². The molecule has 112 valence electrons. The van der Waals surface area contributed by atoms with Gasteiger partial charge >= 0.3 is 0 Å². The van der Waals surface area contributed by atoms with E-state index in [1.165, 1.54) is 5.56 Å². The molecule has 0 bridgehead atoms. The number of aryl methyl sites for hydroxylation is 1. The summed E-state index contributed by atoms with van der Waals surface area (Å²) >= 11 is 7.02. The summed E-state index contributed by atoms with van der Waals surface area (Å²) in [4.78, 5) is 0. The molecule has 0 spiro atoms. The molecule has 2 aromatic carbocycles. The van der Waals surface area contributed by atoms with E-state index in [4.69, 9.17) is 9.47 Å². The molecule has 0 saturated carbocycles. The van der Waals surface area contributed by atoms with E-state index in [9.17, 15) is 0 Å². The molecule has 0 aliphatic heterocycles. The molecule has 21 heavy (non-hydrogen) atoms. The smallest absolute Gasteiger partial charge is 0.135 e. The number of hydrogen-bond acceptors (Lipinski definition) is 3. The summed E-state index contributed by atoms with van der Waals surface area (Å²) in [6.45, 7) is 2.75. The van der Waals surface area contributed by atoms with Gasteiger partial charge in [-0.15, -0.1) is 0 Å². The second-order valence-corrected chi connectivity index (χ2v) is 6.34. The van der Waals surface area contributed by atoms with E-state index in [0.29, 0.717) is 6.54 Å². The fourth-order valence-corrected chi connectivity index (χ4v) is 3.35. The summed E-state index contributed by atoms with van der Waals surface area (Å²) < 4.78 is 12.6. The van der Waals surface area contributed by atoms with E-state index >= 15 is 0 Å². The van der Waals surface area contributed by atoms with E-state index in [1.54, 1.807) is 14.2 Å². The minimum atomic E-state index is 0.675. The van der Waals surface area contributed by atoms with E-state index < -0.39 is 0 Å². The van der Waals surface area contributed by atoms with Crippen molar-refractivity contribution in [2.75, 3.05) is 19.5 Å². The number of benzene rings is 2. The monoisotopic (exact) mass is 413 g/mol. The summed E-state index contributed by atoms with van der Waals surface area (Å²) in [5.74, 6) is 1.67. The summed E-state index contributed by atoms with van der Waals surface area (Å²) in [7, 11) is 3.34. The highest BCUT2D eigenvalue weighted by Crippen LogP contribution is 2.35. The molecule has 0 aliphatic rings. The van der Waals surface area contributed by atoms with Crippen molar-refractivity contribution in [2.45, 2.75) is 13.5 Å². The van der Waals surface area contributed by atoms with Gasteiger partial charge in [-0.25, -0.2) is 0 Å². The van der Waals surface area contributed by atoms with Crippen molar-refractivity contribution in [2.24, 2.45) is 0 Å². The van der Waals surface area contributed by atoms with Crippen LogP contribution < -0.4 is 14.8 Å². The second-order valence-electron chi connectivity index (χ2n) is 4.64. The first-order chi connectivity index (χ1) is 10.0.